The molecule has 3 atom stereocenters. The highest BCUT2D eigenvalue weighted by atomic mass is 16.5. The van der Waals surface area contributed by atoms with Crippen molar-refractivity contribution >= 4 is 5.91 Å². The molecule has 0 spiro atoms. The van der Waals surface area contributed by atoms with Crippen LogP contribution in [0.5, 0.6) is 11.5 Å². The van der Waals surface area contributed by atoms with Crippen LogP contribution >= 0.6 is 0 Å². The Kier molecular flexibility index (Phi) is 5.27. The Balaban J connectivity index is 1.48. The van der Waals surface area contributed by atoms with Crippen molar-refractivity contribution in [2.45, 2.75) is 37.9 Å². The summed E-state index contributed by atoms with van der Waals surface area (Å²) < 4.78 is 5.10. The number of phenols is 1. The normalized spacial score (nSPS) is 24.1. The second kappa shape index (κ2) is 7.84. The Hall–Kier alpha value is -2.53. The summed E-state index contributed by atoms with van der Waals surface area (Å²) in [7, 11) is 3.39. The minimum absolute atomic E-state index is 0.0320. The van der Waals surface area contributed by atoms with E-state index in [1.807, 2.05) is 19.2 Å². The number of carbonyl (C=O) groups excluding carboxylic acids is 1. The number of fused-ring (bicyclic) bond motifs is 1. The van der Waals surface area contributed by atoms with E-state index in [2.05, 4.69) is 29.2 Å². The molecule has 2 saturated heterocycles. The lowest BCUT2D eigenvalue weighted by Crippen LogP contribution is -2.38. The highest BCUT2D eigenvalue weighted by Gasteiger charge is 2.47. The van der Waals surface area contributed by atoms with Gasteiger partial charge in [0.2, 0.25) is 5.91 Å². The van der Waals surface area contributed by atoms with Gasteiger partial charge in [-0.05, 0) is 49.1 Å². The van der Waals surface area contributed by atoms with E-state index in [1.54, 1.807) is 17.0 Å². The van der Waals surface area contributed by atoms with Crippen molar-refractivity contribution in [2.75, 3.05) is 20.7 Å². The monoisotopic (exact) mass is 380 g/mol. The van der Waals surface area contributed by atoms with E-state index in [9.17, 15) is 9.90 Å². The van der Waals surface area contributed by atoms with Crippen LogP contribution in [0.1, 0.15) is 36.4 Å². The van der Waals surface area contributed by atoms with Crippen molar-refractivity contribution in [3.63, 3.8) is 0 Å². The fourth-order valence-corrected chi connectivity index (χ4v) is 4.90. The second-order valence-corrected chi connectivity index (χ2v) is 7.92. The lowest BCUT2D eigenvalue weighted by molar-refractivity contribution is -0.135. The number of nitrogens with zero attached hydrogens (tertiary/aromatic N) is 2. The summed E-state index contributed by atoms with van der Waals surface area (Å²) in [5.41, 5.74) is 2.21. The van der Waals surface area contributed by atoms with Gasteiger partial charge in [0, 0.05) is 25.7 Å². The summed E-state index contributed by atoms with van der Waals surface area (Å²) in [6.45, 7) is 1.56. The number of aromatic hydroxyl groups is 1. The van der Waals surface area contributed by atoms with E-state index >= 15 is 0 Å². The van der Waals surface area contributed by atoms with Crippen molar-refractivity contribution in [1.29, 1.82) is 0 Å². The minimum Gasteiger partial charge on any atom is -0.504 e. The number of amides is 1. The van der Waals surface area contributed by atoms with Gasteiger partial charge in [-0.2, -0.15) is 0 Å². The van der Waals surface area contributed by atoms with Crippen LogP contribution in [0.4, 0.5) is 0 Å². The molecular weight excluding hydrogens is 352 g/mol. The molecule has 28 heavy (non-hydrogen) atoms. The van der Waals surface area contributed by atoms with Gasteiger partial charge >= 0.3 is 0 Å². The maximum absolute atomic E-state index is 13.3. The maximum Gasteiger partial charge on any atom is 0.227 e. The van der Waals surface area contributed by atoms with Gasteiger partial charge in [-0.15, -0.1) is 0 Å². The number of rotatable bonds is 5. The molecule has 2 aromatic carbocycles. The van der Waals surface area contributed by atoms with E-state index in [-0.39, 0.29) is 17.6 Å². The van der Waals surface area contributed by atoms with Gasteiger partial charge in [0.15, 0.2) is 11.5 Å². The third-order valence-electron chi connectivity index (χ3n) is 6.22. The fraction of sp³-hybridized carbons (Fsp3) is 0.435. The van der Waals surface area contributed by atoms with Crippen LogP contribution in [0.15, 0.2) is 48.5 Å². The predicted octanol–water partition coefficient (Wildman–Crippen LogP) is 3.58. The van der Waals surface area contributed by atoms with Crippen LogP contribution in [0, 0.1) is 5.92 Å². The third-order valence-corrected chi connectivity index (χ3v) is 6.22. The molecule has 2 heterocycles. The number of ether oxygens (including phenoxy) is 1. The zero-order valence-corrected chi connectivity index (χ0v) is 16.5. The van der Waals surface area contributed by atoms with Crippen LogP contribution in [-0.4, -0.2) is 47.6 Å². The predicted molar refractivity (Wildman–Crippen MR) is 108 cm³/mol. The largest absolute Gasteiger partial charge is 0.504 e. The zero-order valence-electron chi connectivity index (χ0n) is 16.5. The first-order valence-corrected chi connectivity index (χ1v) is 10.00. The third kappa shape index (κ3) is 3.47. The Morgan fingerprint density at radius 2 is 2.04 bits per heavy atom. The van der Waals surface area contributed by atoms with Crippen LogP contribution in [0.3, 0.4) is 0 Å². The van der Waals surface area contributed by atoms with E-state index in [0.717, 1.165) is 31.4 Å². The molecule has 2 aromatic rings. The van der Waals surface area contributed by atoms with E-state index in [0.29, 0.717) is 24.4 Å². The molecule has 148 valence electrons. The number of phenolic OH excluding ortho intramolecular Hbond substituents is 1. The van der Waals surface area contributed by atoms with Crippen molar-refractivity contribution in [3.8, 4) is 11.5 Å². The van der Waals surface area contributed by atoms with E-state index in [4.69, 9.17) is 4.74 Å². The first kappa shape index (κ1) is 18.8. The van der Waals surface area contributed by atoms with Gasteiger partial charge in [0.25, 0.3) is 0 Å². The lowest BCUT2D eigenvalue weighted by atomic mass is 9.93. The van der Waals surface area contributed by atoms with Crippen LogP contribution < -0.4 is 4.74 Å². The maximum atomic E-state index is 13.3. The summed E-state index contributed by atoms with van der Waals surface area (Å²) in [6, 6.07) is 16.5. The average molecular weight is 380 g/mol. The van der Waals surface area contributed by atoms with Crippen LogP contribution in [0.25, 0.3) is 0 Å². The van der Waals surface area contributed by atoms with Crippen molar-refractivity contribution < 1.29 is 14.6 Å². The number of benzene rings is 2. The molecule has 2 fully saturated rings. The zero-order chi connectivity index (χ0) is 19.7. The Morgan fingerprint density at radius 1 is 1.25 bits per heavy atom. The van der Waals surface area contributed by atoms with Gasteiger partial charge in [-0.1, -0.05) is 36.4 Å². The van der Waals surface area contributed by atoms with Gasteiger partial charge in [0.05, 0.1) is 13.0 Å². The quantitative estimate of drug-likeness (QED) is 0.861. The molecule has 5 nitrogen and oxygen atoms in total. The Bertz CT molecular complexity index is 839. The summed E-state index contributed by atoms with van der Waals surface area (Å²) >= 11 is 0. The minimum atomic E-state index is 0.0320. The SMILES string of the molecule is COc1ccc(CN(C)C(=O)[C@@H]2C[C@H](c3ccccc3)N3CCC[C@@H]23)cc1O. The number of hydrogen-bond acceptors (Lipinski definition) is 4. The van der Waals surface area contributed by atoms with Crippen molar-refractivity contribution in [2.24, 2.45) is 5.92 Å². The molecule has 1 N–H and O–H groups in total. The van der Waals surface area contributed by atoms with Crippen molar-refractivity contribution in [3.05, 3.63) is 59.7 Å². The van der Waals surface area contributed by atoms with E-state index < -0.39 is 0 Å². The Morgan fingerprint density at radius 3 is 2.75 bits per heavy atom. The highest BCUT2D eigenvalue weighted by molar-refractivity contribution is 5.80. The van der Waals surface area contributed by atoms with Gasteiger partial charge in [0.1, 0.15) is 0 Å². The van der Waals surface area contributed by atoms with Gasteiger partial charge < -0.3 is 14.7 Å². The highest BCUT2D eigenvalue weighted by Crippen LogP contribution is 2.45. The first-order valence-electron chi connectivity index (χ1n) is 10.00. The van der Waals surface area contributed by atoms with Crippen molar-refractivity contribution in [1.82, 2.24) is 9.80 Å². The average Bonchev–Trinajstić information content (AvgIpc) is 3.31. The van der Waals surface area contributed by atoms with E-state index in [1.165, 1.54) is 12.7 Å². The van der Waals surface area contributed by atoms with Crippen LogP contribution in [-0.2, 0) is 11.3 Å². The van der Waals surface area contributed by atoms with Crippen LogP contribution in [0.2, 0.25) is 0 Å². The number of methoxy groups -OCH3 is 1. The number of carbonyl (C=O) groups is 1. The molecule has 1 amide bonds. The molecular formula is C23H28N2O3. The molecule has 0 bridgehead atoms. The topological polar surface area (TPSA) is 53.0 Å². The molecule has 2 aliphatic rings. The Labute approximate surface area is 166 Å². The molecule has 0 aliphatic carbocycles. The molecule has 2 aliphatic heterocycles. The summed E-state index contributed by atoms with van der Waals surface area (Å²) in [6.07, 6.45) is 3.14. The smallest absolute Gasteiger partial charge is 0.227 e. The lowest BCUT2D eigenvalue weighted by Gasteiger charge is -2.26. The molecule has 0 saturated carbocycles. The number of hydrogen-bond donors (Lipinski definition) is 1. The molecule has 0 unspecified atom stereocenters. The summed E-state index contributed by atoms with van der Waals surface area (Å²) in [5, 5.41) is 10.0. The van der Waals surface area contributed by atoms with Gasteiger partial charge in [-0.25, -0.2) is 0 Å². The molecule has 0 aromatic heterocycles. The summed E-state index contributed by atoms with van der Waals surface area (Å²) in [5.74, 6) is 0.781. The second-order valence-electron chi connectivity index (χ2n) is 7.92. The van der Waals surface area contributed by atoms with Gasteiger partial charge in [-0.3, -0.25) is 9.69 Å². The summed E-state index contributed by atoms with van der Waals surface area (Å²) in [4.78, 5) is 17.6. The fourth-order valence-electron chi connectivity index (χ4n) is 4.90. The molecule has 5 heteroatoms. The first-order chi connectivity index (χ1) is 13.6. The standard InChI is InChI=1S/C23H28N2O3/c1-24(15-16-10-11-22(28-2)21(26)13-16)23(27)18-14-20(17-7-4-3-5-8-17)25-12-6-9-19(18)25/h3-5,7-8,10-11,13,18-20,26H,6,9,12,14-15H2,1-2H3/t18-,19+,20-/m1/s1. The molecule has 0 radical (unpaired) electrons. The molecule has 4 rings (SSSR count).